The summed E-state index contributed by atoms with van der Waals surface area (Å²) >= 11 is 7.33. The van der Waals surface area contributed by atoms with Crippen molar-refractivity contribution in [3.63, 3.8) is 0 Å². The maximum atomic E-state index is 10.5. The molecule has 1 saturated heterocycles. The first-order chi connectivity index (χ1) is 8.59. The summed E-state index contributed by atoms with van der Waals surface area (Å²) in [4.78, 5) is 21.0. The van der Waals surface area contributed by atoms with Gasteiger partial charge in [-0.2, -0.15) is 4.20 Å². The minimum Gasteiger partial charge on any atom is -0.274 e. The van der Waals surface area contributed by atoms with E-state index in [9.17, 15) is 9.59 Å². The van der Waals surface area contributed by atoms with Gasteiger partial charge in [0.15, 0.2) is 0 Å². The Balaban J connectivity index is 0.000000138. The summed E-state index contributed by atoms with van der Waals surface area (Å²) in [5.41, 5.74) is 1.65. The summed E-state index contributed by atoms with van der Waals surface area (Å²) in [7, 11) is 0. The fourth-order valence-corrected chi connectivity index (χ4v) is 2.05. The number of aromatic nitrogens is 3. The largest absolute Gasteiger partial charge is 0.274 e. The van der Waals surface area contributed by atoms with Crippen molar-refractivity contribution in [2.45, 2.75) is 12.8 Å². The van der Waals surface area contributed by atoms with Crippen LogP contribution in [0.4, 0.5) is 0 Å². The van der Waals surface area contributed by atoms with Crippen LogP contribution in [0, 0.1) is 0 Å². The summed E-state index contributed by atoms with van der Waals surface area (Å²) in [6.07, 6.45) is 0.781. The van der Waals surface area contributed by atoms with Crippen LogP contribution in [0.3, 0.4) is 0 Å². The minimum atomic E-state index is -0.0735. The van der Waals surface area contributed by atoms with Crippen molar-refractivity contribution in [3.05, 3.63) is 24.3 Å². The van der Waals surface area contributed by atoms with E-state index in [-0.39, 0.29) is 11.8 Å². The van der Waals surface area contributed by atoms with Gasteiger partial charge in [-0.15, -0.1) is 5.10 Å². The third kappa shape index (κ3) is 2.78. The molecular weight excluding hydrogens is 370 g/mol. The highest BCUT2D eigenvalue weighted by atomic mass is 127. The van der Waals surface area contributed by atoms with Crippen LogP contribution in [0.15, 0.2) is 24.3 Å². The van der Waals surface area contributed by atoms with Gasteiger partial charge in [-0.3, -0.25) is 9.59 Å². The van der Waals surface area contributed by atoms with Crippen LogP contribution in [-0.4, -0.2) is 29.4 Å². The average Bonchev–Trinajstić information content (AvgIpc) is 2.90. The molecule has 0 saturated carbocycles. The molecule has 1 aliphatic heterocycles. The first-order valence-electron chi connectivity index (χ1n) is 5.08. The maximum Gasteiger partial charge on any atom is 0.238 e. The molecule has 1 aliphatic rings. The Morgan fingerprint density at radius 3 is 2.28 bits per heavy atom. The van der Waals surface area contributed by atoms with E-state index < -0.39 is 0 Å². The van der Waals surface area contributed by atoms with E-state index in [0.29, 0.717) is 12.8 Å². The van der Waals surface area contributed by atoms with Gasteiger partial charge in [-0.1, -0.05) is 12.1 Å². The number of fused-ring (bicyclic) bond motifs is 1. The molecule has 0 unspecified atom stereocenters. The fraction of sp³-hybridized carbons (Fsp3) is 0.200. The van der Waals surface area contributed by atoms with Crippen molar-refractivity contribution in [2.24, 2.45) is 0 Å². The molecule has 0 N–H and O–H groups in total. The SMILES string of the molecule is Cln1nnc2ccccc21.O=C1CCC(=O)N1I. The summed E-state index contributed by atoms with van der Waals surface area (Å²) in [6, 6.07) is 7.52. The van der Waals surface area contributed by atoms with E-state index in [2.05, 4.69) is 10.3 Å². The lowest BCUT2D eigenvalue weighted by molar-refractivity contribution is -0.130. The zero-order chi connectivity index (χ0) is 13.1. The van der Waals surface area contributed by atoms with Gasteiger partial charge in [0.2, 0.25) is 11.8 Å². The maximum absolute atomic E-state index is 10.5. The van der Waals surface area contributed by atoms with Gasteiger partial charge in [0.25, 0.3) is 0 Å². The highest BCUT2D eigenvalue weighted by Crippen LogP contribution is 2.15. The monoisotopic (exact) mass is 378 g/mol. The molecule has 0 bridgehead atoms. The van der Waals surface area contributed by atoms with Crippen LogP contribution < -0.4 is 0 Å². The summed E-state index contributed by atoms with van der Waals surface area (Å²) in [5, 5.41) is 7.43. The number of hydrogen-bond donors (Lipinski definition) is 0. The number of benzene rings is 1. The van der Waals surface area contributed by atoms with Gasteiger partial charge in [-0.25, -0.2) is 3.11 Å². The van der Waals surface area contributed by atoms with E-state index >= 15 is 0 Å². The minimum absolute atomic E-state index is 0.0735. The molecule has 0 spiro atoms. The number of imide groups is 1. The highest BCUT2D eigenvalue weighted by Gasteiger charge is 2.26. The van der Waals surface area contributed by atoms with Crippen LogP contribution in [0.25, 0.3) is 11.0 Å². The van der Waals surface area contributed by atoms with Crippen molar-refractivity contribution < 1.29 is 9.59 Å². The van der Waals surface area contributed by atoms with E-state index in [0.717, 1.165) is 14.1 Å². The molecule has 2 heterocycles. The smallest absolute Gasteiger partial charge is 0.238 e. The average molecular weight is 379 g/mol. The molecule has 18 heavy (non-hydrogen) atoms. The van der Waals surface area contributed by atoms with Crippen molar-refractivity contribution in [1.29, 1.82) is 0 Å². The summed E-state index contributed by atoms with van der Waals surface area (Å²) in [5.74, 6) is -0.147. The van der Waals surface area contributed by atoms with Crippen molar-refractivity contribution >= 4 is 57.5 Å². The van der Waals surface area contributed by atoms with Crippen LogP contribution in [-0.2, 0) is 9.59 Å². The summed E-state index contributed by atoms with van der Waals surface area (Å²) < 4.78 is 2.37. The summed E-state index contributed by atoms with van der Waals surface area (Å²) in [6.45, 7) is 0. The lowest BCUT2D eigenvalue weighted by Gasteiger charge is -1.97. The lowest BCUT2D eigenvalue weighted by Crippen LogP contribution is -2.16. The first-order valence-corrected chi connectivity index (χ1v) is 6.38. The third-order valence-corrected chi connectivity index (χ3v) is 3.63. The van der Waals surface area contributed by atoms with Crippen LogP contribution in [0.1, 0.15) is 12.8 Å². The number of carbonyl (C=O) groups is 2. The van der Waals surface area contributed by atoms with Crippen molar-refractivity contribution in [1.82, 2.24) is 17.6 Å². The Morgan fingerprint density at radius 2 is 1.78 bits per heavy atom. The van der Waals surface area contributed by atoms with E-state index in [1.807, 2.05) is 24.3 Å². The molecule has 94 valence electrons. The van der Waals surface area contributed by atoms with Crippen LogP contribution >= 0.6 is 34.6 Å². The number of para-hydroxylation sites is 1. The topological polar surface area (TPSA) is 68.1 Å². The number of carbonyl (C=O) groups excluding carboxylic acids is 2. The van der Waals surface area contributed by atoms with E-state index in [1.54, 1.807) is 22.9 Å². The van der Waals surface area contributed by atoms with E-state index in [1.165, 1.54) is 4.20 Å². The van der Waals surface area contributed by atoms with Gasteiger partial charge in [-0.05, 0) is 17.3 Å². The molecule has 6 nitrogen and oxygen atoms in total. The molecule has 8 heteroatoms. The predicted molar refractivity (Wildman–Crippen MR) is 73.9 cm³/mol. The Kier molecular flexibility index (Phi) is 4.12. The van der Waals surface area contributed by atoms with Crippen molar-refractivity contribution in [3.8, 4) is 0 Å². The zero-order valence-electron chi connectivity index (χ0n) is 9.08. The molecule has 2 aromatic rings. The number of nitrogens with zero attached hydrogens (tertiary/aromatic N) is 4. The van der Waals surface area contributed by atoms with Gasteiger partial charge in [0, 0.05) is 24.6 Å². The standard InChI is InChI=1S/C6H4ClN3.C4H4INO2/c7-10-6-4-2-1-3-5(6)8-9-10;5-6-3(7)1-2-4(6)8/h1-4H;1-2H2. The molecule has 0 radical (unpaired) electrons. The zero-order valence-corrected chi connectivity index (χ0v) is 12.0. The molecular formula is C10H8ClIN4O2. The quantitative estimate of drug-likeness (QED) is 0.399. The Labute approximate surface area is 121 Å². The number of halogens is 2. The number of hydrogen-bond acceptors (Lipinski definition) is 4. The fourth-order valence-electron chi connectivity index (χ4n) is 1.39. The van der Waals surface area contributed by atoms with Crippen molar-refractivity contribution in [2.75, 3.05) is 0 Å². The second kappa shape index (κ2) is 5.61. The molecule has 1 aromatic heterocycles. The highest BCUT2D eigenvalue weighted by molar-refractivity contribution is 14.1. The molecule has 3 rings (SSSR count). The van der Waals surface area contributed by atoms with Crippen LogP contribution in [0.5, 0.6) is 0 Å². The van der Waals surface area contributed by atoms with Gasteiger partial charge < -0.3 is 0 Å². The Hall–Kier alpha value is -1.22. The first kappa shape index (κ1) is 13.2. The molecule has 1 fully saturated rings. The Bertz CT molecular complexity index is 584. The van der Waals surface area contributed by atoms with Gasteiger partial charge in [0.1, 0.15) is 11.0 Å². The molecule has 0 atom stereocenters. The molecule has 1 aromatic carbocycles. The second-order valence-electron chi connectivity index (χ2n) is 3.51. The Morgan fingerprint density at radius 1 is 1.17 bits per heavy atom. The van der Waals surface area contributed by atoms with Gasteiger partial charge in [0.05, 0.1) is 22.9 Å². The second-order valence-corrected chi connectivity index (χ2v) is 4.79. The molecule has 0 aliphatic carbocycles. The normalized spacial score (nSPS) is 14.9. The van der Waals surface area contributed by atoms with Gasteiger partial charge >= 0.3 is 0 Å². The van der Waals surface area contributed by atoms with Crippen LogP contribution in [0.2, 0.25) is 0 Å². The number of rotatable bonds is 0. The lowest BCUT2D eigenvalue weighted by atomic mass is 10.3. The third-order valence-electron chi connectivity index (χ3n) is 2.30. The van der Waals surface area contributed by atoms with E-state index in [4.69, 9.17) is 11.8 Å². The number of amides is 2. The molecule has 2 amide bonds. The predicted octanol–water partition coefficient (Wildman–Crippen LogP) is 1.92.